The van der Waals surface area contributed by atoms with E-state index in [0.717, 1.165) is 56.0 Å². The smallest absolute Gasteiger partial charge is 0.141 e. The fourth-order valence-corrected chi connectivity index (χ4v) is 3.97. The van der Waals surface area contributed by atoms with Crippen molar-refractivity contribution in [2.24, 2.45) is 4.99 Å². The van der Waals surface area contributed by atoms with Crippen LogP contribution < -0.4 is 10.5 Å². The lowest BCUT2D eigenvalue weighted by atomic mass is 9.96. The van der Waals surface area contributed by atoms with E-state index in [1.165, 1.54) is 6.20 Å². The predicted octanol–water partition coefficient (Wildman–Crippen LogP) is 4.35. The molecule has 8 nitrogen and oxygen atoms in total. The van der Waals surface area contributed by atoms with Crippen LogP contribution in [0.4, 0.5) is 5.82 Å². The van der Waals surface area contributed by atoms with Crippen molar-refractivity contribution < 1.29 is 9.26 Å². The van der Waals surface area contributed by atoms with Crippen molar-refractivity contribution in [3.05, 3.63) is 58.9 Å². The number of aromatic amines is 2. The number of anilines is 1. The largest absolute Gasteiger partial charge is 0.496 e. The predicted molar refractivity (Wildman–Crippen MR) is 118 cm³/mol. The third kappa shape index (κ3) is 2.88. The second kappa shape index (κ2) is 7.22. The number of H-pyrrole nitrogens is 2. The van der Waals surface area contributed by atoms with Gasteiger partial charge in [0.15, 0.2) is 0 Å². The molecule has 0 aliphatic rings. The summed E-state index contributed by atoms with van der Waals surface area (Å²) in [6.07, 6.45) is 1.51. The Kier molecular flexibility index (Phi) is 4.69. The van der Waals surface area contributed by atoms with Crippen LogP contribution in [-0.2, 0) is 0 Å². The Hall–Kier alpha value is -3.81. The van der Waals surface area contributed by atoms with Crippen molar-refractivity contribution in [1.82, 2.24) is 20.3 Å². The van der Waals surface area contributed by atoms with Gasteiger partial charge in [0.2, 0.25) is 0 Å². The summed E-state index contributed by atoms with van der Waals surface area (Å²) in [7, 11) is 1.64. The van der Waals surface area contributed by atoms with Gasteiger partial charge in [-0.2, -0.15) is 5.10 Å². The van der Waals surface area contributed by atoms with E-state index in [4.69, 9.17) is 15.0 Å². The molecule has 0 spiro atoms. The summed E-state index contributed by atoms with van der Waals surface area (Å²) in [4.78, 5) is 7.84. The molecule has 30 heavy (non-hydrogen) atoms. The first kappa shape index (κ1) is 19.5. The number of hydrogen-bond acceptors (Lipinski definition) is 6. The maximum atomic E-state index is 6.44. The van der Waals surface area contributed by atoms with Gasteiger partial charge in [0.1, 0.15) is 17.3 Å². The van der Waals surface area contributed by atoms with Crippen LogP contribution >= 0.6 is 0 Å². The molecule has 3 aromatic heterocycles. The van der Waals surface area contributed by atoms with E-state index in [1.807, 2.05) is 39.8 Å². The van der Waals surface area contributed by atoms with Crippen molar-refractivity contribution in [3.8, 4) is 16.9 Å². The van der Waals surface area contributed by atoms with E-state index in [1.54, 1.807) is 7.11 Å². The minimum Gasteiger partial charge on any atom is -0.496 e. The standard InChI is InChI=1S/C22H24N6O2/c1-7-24-21(18-10(2)26-27-11(18)3)20-14-9-17(29-6)15(8-16(14)25-22(20)23)19-12(4)28-30-13(19)5/h7-9,25H,1,23H2,2-6H3,(H,26,27). The zero-order valence-corrected chi connectivity index (χ0v) is 17.7. The van der Waals surface area contributed by atoms with Gasteiger partial charge < -0.3 is 20.0 Å². The summed E-state index contributed by atoms with van der Waals surface area (Å²) in [5.74, 6) is 1.92. The average Bonchev–Trinajstić information content (AvgIpc) is 3.33. The highest BCUT2D eigenvalue weighted by molar-refractivity contribution is 6.24. The molecular weight excluding hydrogens is 380 g/mol. The van der Waals surface area contributed by atoms with Crippen LogP contribution in [0.15, 0.2) is 34.4 Å². The molecule has 154 valence electrons. The molecule has 0 aliphatic heterocycles. The summed E-state index contributed by atoms with van der Waals surface area (Å²) in [5.41, 5.74) is 14.0. The molecule has 0 aliphatic carbocycles. The number of methoxy groups -OCH3 is 1. The Balaban J connectivity index is 2.02. The summed E-state index contributed by atoms with van der Waals surface area (Å²) < 4.78 is 11.1. The summed E-state index contributed by atoms with van der Waals surface area (Å²) in [5, 5.41) is 12.3. The number of nitrogens with one attached hydrogen (secondary N) is 2. The molecule has 0 amide bonds. The van der Waals surface area contributed by atoms with Crippen LogP contribution in [0.2, 0.25) is 0 Å². The van der Waals surface area contributed by atoms with Crippen LogP contribution in [0.3, 0.4) is 0 Å². The van der Waals surface area contributed by atoms with E-state index >= 15 is 0 Å². The lowest BCUT2D eigenvalue weighted by Gasteiger charge is -2.11. The molecule has 4 aromatic rings. The Morgan fingerprint density at radius 2 is 1.97 bits per heavy atom. The molecule has 0 bridgehead atoms. The molecule has 0 saturated heterocycles. The lowest BCUT2D eigenvalue weighted by molar-refractivity contribution is 0.393. The minimum absolute atomic E-state index is 0.503. The van der Waals surface area contributed by atoms with Crippen molar-refractivity contribution in [1.29, 1.82) is 0 Å². The maximum absolute atomic E-state index is 6.44. The lowest BCUT2D eigenvalue weighted by Crippen LogP contribution is -2.08. The number of nitrogens with zero attached hydrogens (tertiary/aromatic N) is 3. The molecule has 1 aromatic carbocycles. The fraction of sp³-hybridized carbons (Fsp3) is 0.227. The van der Waals surface area contributed by atoms with Crippen molar-refractivity contribution >= 4 is 22.4 Å². The molecule has 0 radical (unpaired) electrons. The number of aliphatic imine (C=N–C) groups is 1. The zero-order valence-electron chi connectivity index (χ0n) is 17.7. The van der Waals surface area contributed by atoms with Gasteiger partial charge in [0, 0.05) is 33.9 Å². The van der Waals surface area contributed by atoms with Crippen molar-refractivity contribution in [3.63, 3.8) is 0 Å². The van der Waals surface area contributed by atoms with Gasteiger partial charge in [-0.05, 0) is 39.8 Å². The van der Waals surface area contributed by atoms with Crippen molar-refractivity contribution in [2.75, 3.05) is 12.8 Å². The van der Waals surface area contributed by atoms with Crippen LogP contribution in [0.25, 0.3) is 22.0 Å². The van der Waals surface area contributed by atoms with Crippen LogP contribution in [0, 0.1) is 27.7 Å². The molecule has 0 saturated carbocycles. The first-order valence-electron chi connectivity index (χ1n) is 9.50. The van der Waals surface area contributed by atoms with Gasteiger partial charge in [-0.25, -0.2) is 0 Å². The molecule has 0 unspecified atom stereocenters. The highest BCUT2D eigenvalue weighted by atomic mass is 16.5. The number of fused-ring (bicyclic) bond motifs is 1. The van der Waals surface area contributed by atoms with Gasteiger partial charge in [-0.3, -0.25) is 10.1 Å². The normalized spacial score (nSPS) is 12.0. The third-order valence-electron chi connectivity index (χ3n) is 5.27. The van der Waals surface area contributed by atoms with Gasteiger partial charge in [0.25, 0.3) is 0 Å². The second-order valence-electron chi connectivity index (χ2n) is 7.18. The van der Waals surface area contributed by atoms with Gasteiger partial charge in [0.05, 0.1) is 35.3 Å². The number of aromatic nitrogens is 4. The van der Waals surface area contributed by atoms with Gasteiger partial charge in [-0.1, -0.05) is 11.7 Å². The molecule has 4 N–H and O–H groups in total. The molecular formula is C22H24N6O2. The van der Waals surface area contributed by atoms with E-state index in [0.29, 0.717) is 17.3 Å². The van der Waals surface area contributed by atoms with E-state index < -0.39 is 0 Å². The van der Waals surface area contributed by atoms with Gasteiger partial charge in [-0.15, -0.1) is 0 Å². The number of nitrogen functional groups attached to an aromatic ring is 1. The summed E-state index contributed by atoms with van der Waals surface area (Å²) in [6.45, 7) is 11.4. The monoisotopic (exact) mass is 404 g/mol. The molecule has 0 fully saturated rings. The number of hydrogen-bond donors (Lipinski definition) is 3. The zero-order chi connectivity index (χ0) is 21.6. The van der Waals surface area contributed by atoms with E-state index in [2.05, 4.69) is 31.9 Å². The van der Waals surface area contributed by atoms with E-state index in [9.17, 15) is 0 Å². The number of benzene rings is 1. The number of ether oxygens (including phenoxy) is 1. The van der Waals surface area contributed by atoms with Crippen LogP contribution in [-0.4, -0.2) is 33.2 Å². The minimum atomic E-state index is 0.503. The Morgan fingerprint density at radius 3 is 2.53 bits per heavy atom. The highest BCUT2D eigenvalue weighted by Crippen LogP contribution is 2.40. The topological polar surface area (TPSA) is 118 Å². The third-order valence-corrected chi connectivity index (χ3v) is 5.27. The van der Waals surface area contributed by atoms with Crippen molar-refractivity contribution in [2.45, 2.75) is 27.7 Å². The number of aryl methyl sites for hydroxylation is 4. The molecule has 0 atom stereocenters. The molecule has 3 heterocycles. The quantitative estimate of drug-likeness (QED) is 0.427. The highest BCUT2D eigenvalue weighted by Gasteiger charge is 2.24. The first-order valence-corrected chi connectivity index (χ1v) is 9.50. The molecule has 4 rings (SSSR count). The summed E-state index contributed by atoms with van der Waals surface area (Å²) >= 11 is 0. The second-order valence-corrected chi connectivity index (χ2v) is 7.18. The SMILES string of the molecule is C=CN=C(c1c(C)n[nH]c1C)c1c(N)[nH]c2cc(-c3c(C)noc3C)c(OC)cc12. The Labute approximate surface area is 173 Å². The molecule has 8 heteroatoms. The number of rotatable bonds is 5. The summed E-state index contributed by atoms with van der Waals surface area (Å²) in [6, 6.07) is 3.96. The number of nitrogens with two attached hydrogens (primary N) is 1. The van der Waals surface area contributed by atoms with E-state index in [-0.39, 0.29) is 0 Å². The van der Waals surface area contributed by atoms with Crippen LogP contribution in [0.1, 0.15) is 34.0 Å². The maximum Gasteiger partial charge on any atom is 0.141 e. The Morgan fingerprint density at radius 1 is 1.20 bits per heavy atom. The fourth-order valence-electron chi connectivity index (χ4n) is 3.97. The van der Waals surface area contributed by atoms with Crippen LogP contribution in [0.5, 0.6) is 5.75 Å². The first-order chi connectivity index (χ1) is 14.4. The Bertz CT molecular complexity index is 1270. The average molecular weight is 404 g/mol. The van der Waals surface area contributed by atoms with Gasteiger partial charge >= 0.3 is 0 Å².